The Hall–Kier alpha value is -3.48. The molecule has 0 radical (unpaired) electrons. The van der Waals surface area contributed by atoms with Crippen molar-refractivity contribution in [2.75, 3.05) is 37.3 Å². The first-order valence-corrected chi connectivity index (χ1v) is 15.0. The van der Waals surface area contributed by atoms with Crippen molar-refractivity contribution in [3.05, 3.63) is 95.1 Å². The molecule has 1 fully saturated rings. The lowest BCUT2D eigenvalue weighted by Crippen LogP contribution is -2.33. The molecule has 1 aliphatic rings. The summed E-state index contributed by atoms with van der Waals surface area (Å²) in [6.45, 7) is 0.737. The number of ether oxygens (including phenoxy) is 1. The smallest absolute Gasteiger partial charge is 0.394 e. The summed E-state index contributed by atoms with van der Waals surface area (Å²) in [5.41, 5.74) is 1.61. The third-order valence-corrected chi connectivity index (χ3v) is 9.23. The van der Waals surface area contributed by atoms with E-state index >= 15 is 0 Å². The average Bonchev–Trinajstić information content (AvgIpc) is 3.42. The number of anilines is 1. The molecule has 3 aromatic carbocycles. The minimum absolute atomic E-state index is 0.0424. The summed E-state index contributed by atoms with van der Waals surface area (Å²) in [5, 5.41) is 12.6. The van der Waals surface area contributed by atoms with Crippen LogP contribution in [0.4, 0.5) is 23.2 Å². The van der Waals surface area contributed by atoms with E-state index in [0.29, 0.717) is 24.1 Å². The summed E-state index contributed by atoms with van der Waals surface area (Å²) in [5.74, 6) is -0.598. The molecule has 7 nitrogen and oxygen atoms in total. The van der Waals surface area contributed by atoms with Gasteiger partial charge in [-0.2, -0.15) is 13.2 Å². The second-order valence-corrected chi connectivity index (χ2v) is 12.3. The zero-order valence-corrected chi connectivity index (χ0v) is 23.7. The number of amides is 1. The molecule has 1 amide bonds. The Balaban J connectivity index is 1.46. The molecule has 1 saturated heterocycles. The molecule has 0 saturated carbocycles. The fourth-order valence-corrected chi connectivity index (χ4v) is 6.00. The minimum Gasteiger partial charge on any atom is -0.394 e. The average molecular weight is 609 g/mol. The lowest BCUT2D eigenvalue weighted by molar-refractivity contribution is -0.137. The Bertz CT molecular complexity index is 1450. The number of alkyl halides is 4. The van der Waals surface area contributed by atoms with Crippen LogP contribution in [-0.4, -0.2) is 57.8 Å². The molecule has 0 spiro atoms. The van der Waals surface area contributed by atoms with Crippen LogP contribution in [0, 0.1) is 0 Å². The fourth-order valence-electron chi connectivity index (χ4n) is 5.11. The monoisotopic (exact) mass is 608 g/mol. The lowest BCUT2D eigenvalue weighted by atomic mass is 9.95. The number of hydrogen-bond acceptors (Lipinski definition) is 6. The summed E-state index contributed by atoms with van der Waals surface area (Å²) < 4.78 is 80.9. The van der Waals surface area contributed by atoms with E-state index < -0.39 is 47.0 Å². The Kier molecular flexibility index (Phi) is 9.90. The van der Waals surface area contributed by atoms with E-state index in [1.54, 1.807) is 43.3 Å². The highest BCUT2D eigenvalue weighted by molar-refractivity contribution is 7.91. The van der Waals surface area contributed by atoms with E-state index in [-0.39, 0.29) is 29.2 Å². The molecule has 2 N–H and O–H groups in total. The second-order valence-electron chi connectivity index (χ2n) is 10.1. The quantitative estimate of drug-likeness (QED) is 0.288. The Morgan fingerprint density at radius 3 is 2.24 bits per heavy atom. The van der Waals surface area contributed by atoms with Crippen LogP contribution in [0.25, 0.3) is 0 Å². The van der Waals surface area contributed by atoms with Gasteiger partial charge in [-0.05, 0) is 66.1 Å². The Labute approximate surface area is 242 Å². The maximum Gasteiger partial charge on any atom is 0.416 e. The van der Waals surface area contributed by atoms with Crippen LogP contribution >= 0.6 is 0 Å². The van der Waals surface area contributed by atoms with Crippen molar-refractivity contribution >= 4 is 21.4 Å². The van der Waals surface area contributed by atoms with Crippen molar-refractivity contribution in [3.8, 4) is 0 Å². The van der Waals surface area contributed by atoms with Crippen LogP contribution in [0.3, 0.4) is 0 Å². The van der Waals surface area contributed by atoms with E-state index in [1.807, 2.05) is 4.90 Å². The van der Waals surface area contributed by atoms with Crippen molar-refractivity contribution in [1.29, 1.82) is 0 Å². The molecular formula is C30H32F4N2O5S. The predicted molar refractivity (Wildman–Crippen MR) is 150 cm³/mol. The molecule has 226 valence electrons. The van der Waals surface area contributed by atoms with Gasteiger partial charge in [-0.1, -0.05) is 31.2 Å². The van der Waals surface area contributed by atoms with Gasteiger partial charge in [-0.25, -0.2) is 12.8 Å². The molecule has 0 aliphatic carbocycles. The number of carbonyl (C=O) groups excluding carboxylic acids is 1. The van der Waals surface area contributed by atoms with Gasteiger partial charge >= 0.3 is 6.18 Å². The van der Waals surface area contributed by atoms with Gasteiger partial charge in [0.1, 0.15) is 0 Å². The van der Waals surface area contributed by atoms with Crippen molar-refractivity contribution in [2.24, 2.45) is 0 Å². The highest BCUT2D eigenvalue weighted by atomic mass is 32.2. The molecule has 1 aliphatic heterocycles. The number of halogens is 4. The van der Waals surface area contributed by atoms with Gasteiger partial charge < -0.3 is 20.1 Å². The summed E-state index contributed by atoms with van der Waals surface area (Å²) in [6.07, 6.45) is -3.88. The number of nitrogens with zero attached hydrogens (tertiary/aromatic N) is 1. The molecule has 3 atom stereocenters. The minimum atomic E-state index is -4.43. The predicted octanol–water partition coefficient (Wildman–Crippen LogP) is 5.27. The third kappa shape index (κ3) is 7.29. The van der Waals surface area contributed by atoms with Gasteiger partial charge in [0.25, 0.3) is 5.91 Å². The molecule has 4 rings (SSSR count). The first-order valence-electron chi connectivity index (χ1n) is 13.4. The van der Waals surface area contributed by atoms with E-state index in [9.17, 15) is 35.9 Å². The molecular weight excluding hydrogens is 576 g/mol. The largest absolute Gasteiger partial charge is 0.416 e. The first kappa shape index (κ1) is 31.5. The fraction of sp³-hybridized carbons (Fsp3) is 0.367. The molecule has 1 unspecified atom stereocenters. The van der Waals surface area contributed by atoms with Crippen LogP contribution in [0.2, 0.25) is 0 Å². The number of hydrogen-bond donors (Lipinski definition) is 2. The van der Waals surface area contributed by atoms with Gasteiger partial charge in [-0.15, -0.1) is 0 Å². The standard InChI is InChI=1S/C30H32F4N2O5S/c1-2-42(39,40)27-13-7-21(8-14-27)28(17-37)35-29(38)22-5-11-25(12-6-22)36-16-23(15-26(36)18-41-19-31)20-3-9-24(10-4-20)30(32,33)34/h3-14,23,26,28,37H,2,15-19H2,1H3,(H,35,38)/t23?,26-,28-/m0/s1. The maximum atomic E-state index is 13.0. The summed E-state index contributed by atoms with van der Waals surface area (Å²) in [4.78, 5) is 15.1. The molecule has 3 aromatic rings. The first-order chi connectivity index (χ1) is 20.0. The Morgan fingerprint density at radius 2 is 1.69 bits per heavy atom. The zero-order valence-electron chi connectivity index (χ0n) is 22.9. The number of benzene rings is 3. The van der Waals surface area contributed by atoms with E-state index in [2.05, 4.69) is 5.32 Å². The number of aliphatic hydroxyl groups excluding tert-OH is 1. The number of carbonyl (C=O) groups is 1. The van der Waals surface area contributed by atoms with Gasteiger partial charge in [0, 0.05) is 23.7 Å². The van der Waals surface area contributed by atoms with Gasteiger partial charge in [0.15, 0.2) is 16.7 Å². The van der Waals surface area contributed by atoms with Crippen LogP contribution in [-0.2, 0) is 20.8 Å². The highest BCUT2D eigenvalue weighted by Gasteiger charge is 2.35. The van der Waals surface area contributed by atoms with Crippen molar-refractivity contribution in [3.63, 3.8) is 0 Å². The zero-order chi connectivity index (χ0) is 30.5. The van der Waals surface area contributed by atoms with Gasteiger partial charge in [0.2, 0.25) is 0 Å². The van der Waals surface area contributed by atoms with E-state index in [0.717, 1.165) is 23.4 Å². The van der Waals surface area contributed by atoms with Crippen LogP contribution in [0.15, 0.2) is 77.7 Å². The molecule has 42 heavy (non-hydrogen) atoms. The lowest BCUT2D eigenvalue weighted by Gasteiger charge is -2.26. The van der Waals surface area contributed by atoms with Crippen molar-refractivity contribution < 1.29 is 40.6 Å². The highest BCUT2D eigenvalue weighted by Crippen LogP contribution is 2.37. The number of nitrogens with one attached hydrogen (secondary N) is 1. The van der Waals surface area contributed by atoms with E-state index in [4.69, 9.17) is 4.74 Å². The molecule has 0 bridgehead atoms. The maximum absolute atomic E-state index is 13.0. The van der Waals surface area contributed by atoms with Crippen LogP contribution in [0.1, 0.15) is 52.4 Å². The van der Waals surface area contributed by atoms with Crippen LogP contribution in [0.5, 0.6) is 0 Å². The number of aliphatic hydroxyl groups is 1. The summed E-state index contributed by atoms with van der Waals surface area (Å²) in [7, 11) is -3.38. The molecule has 12 heteroatoms. The third-order valence-electron chi connectivity index (χ3n) is 7.48. The molecule has 1 heterocycles. The number of rotatable bonds is 11. The SMILES string of the molecule is CCS(=O)(=O)c1ccc([C@H](CO)NC(=O)c2ccc(N3CC(c4ccc(C(F)(F)F)cc4)C[C@H]3COCF)cc2)cc1. The van der Waals surface area contributed by atoms with Crippen LogP contribution < -0.4 is 10.2 Å². The summed E-state index contributed by atoms with van der Waals surface area (Å²) >= 11 is 0. The topological polar surface area (TPSA) is 95.9 Å². The van der Waals surface area contributed by atoms with Crippen molar-refractivity contribution in [2.45, 2.75) is 42.4 Å². The molecule has 0 aromatic heterocycles. The normalized spacial score (nSPS) is 18.2. The van der Waals surface area contributed by atoms with Crippen molar-refractivity contribution in [1.82, 2.24) is 5.32 Å². The van der Waals surface area contributed by atoms with Gasteiger partial charge in [-0.3, -0.25) is 4.79 Å². The van der Waals surface area contributed by atoms with E-state index in [1.165, 1.54) is 24.3 Å². The number of sulfone groups is 1. The van der Waals surface area contributed by atoms with Gasteiger partial charge in [0.05, 0.1) is 41.5 Å². The summed E-state index contributed by atoms with van der Waals surface area (Å²) in [6, 6.07) is 16.7. The Morgan fingerprint density at radius 1 is 1.05 bits per heavy atom. The second kappa shape index (κ2) is 13.2.